The first-order chi connectivity index (χ1) is 13.5. The number of sulfonamides is 1. The normalized spacial score (nSPS) is 17.8. The molecule has 0 radical (unpaired) electrons. The number of ether oxygens (including phenoxy) is 1. The number of nitrogens with zero attached hydrogens (tertiary/aromatic N) is 4. The lowest BCUT2D eigenvalue weighted by atomic mass is 10.1. The Kier molecular flexibility index (Phi) is 9.33. The van der Waals surface area contributed by atoms with Crippen LogP contribution in [0.15, 0.2) is 39.1 Å². The second-order valence-electron chi connectivity index (χ2n) is 6.32. The molecule has 2 aromatic heterocycles. The zero-order valence-electron chi connectivity index (χ0n) is 16.4. The minimum absolute atomic E-state index is 0. The molecule has 9 nitrogen and oxygen atoms in total. The maximum absolute atomic E-state index is 12.2. The van der Waals surface area contributed by atoms with Gasteiger partial charge in [-0.25, -0.2) is 13.1 Å². The van der Waals surface area contributed by atoms with E-state index in [9.17, 15) is 8.42 Å². The first-order valence-corrected chi connectivity index (χ1v) is 11.5. The van der Waals surface area contributed by atoms with Crippen LogP contribution in [0.5, 0.6) is 0 Å². The second-order valence-corrected chi connectivity index (χ2v) is 9.26. The van der Waals surface area contributed by atoms with Crippen molar-refractivity contribution in [3.63, 3.8) is 0 Å². The molecule has 0 aliphatic carbocycles. The third kappa shape index (κ3) is 6.64. The topological polar surface area (TPSA) is 101 Å². The van der Waals surface area contributed by atoms with E-state index in [1.165, 1.54) is 11.3 Å². The SMILES string of the molecule is CCNC(=NCCNS(=O)(=O)c1cccs1)N1CCOC(c2cnn(C)c2)C1.I. The van der Waals surface area contributed by atoms with Gasteiger partial charge in [0.15, 0.2) is 5.96 Å². The predicted molar refractivity (Wildman–Crippen MR) is 124 cm³/mol. The van der Waals surface area contributed by atoms with Crippen molar-refractivity contribution in [3.8, 4) is 0 Å². The van der Waals surface area contributed by atoms with Gasteiger partial charge in [0.25, 0.3) is 0 Å². The molecule has 0 spiro atoms. The van der Waals surface area contributed by atoms with Crippen LogP contribution in [-0.2, 0) is 21.8 Å². The Hall–Kier alpha value is -1.22. The molecule has 0 saturated carbocycles. The highest BCUT2D eigenvalue weighted by Gasteiger charge is 2.25. The highest BCUT2D eigenvalue weighted by Crippen LogP contribution is 2.21. The number of rotatable bonds is 7. The molecule has 1 saturated heterocycles. The smallest absolute Gasteiger partial charge is 0.250 e. The second kappa shape index (κ2) is 11.2. The van der Waals surface area contributed by atoms with Crippen LogP contribution in [0.1, 0.15) is 18.6 Å². The van der Waals surface area contributed by atoms with E-state index in [2.05, 4.69) is 25.0 Å². The molecule has 2 aromatic rings. The monoisotopic (exact) mass is 554 g/mol. The molecular formula is C17H27IN6O3S2. The van der Waals surface area contributed by atoms with Crippen LogP contribution in [-0.4, -0.2) is 68.4 Å². The molecule has 3 heterocycles. The Bertz CT molecular complexity index is 885. The van der Waals surface area contributed by atoms with E-state index in [4.69, 9.17) is 4.74 Å². The molecule has 1 aliphatic heterocycles. The standard InChI is InChI=1S/C17H26N6O3S2.HI/c1-3-18-17(19-6-7-21-28(24,25)16-5-4-10-27-16)23-8-9-26-15(13-23)14-11-20-22(2)12-14;/h4-5,10-12,15,21H,3,6-9,13H2,1-2H3,(H,18,19);1H. The number of nitrogens with one attached hydrogen (secondary N) is 2. The molecule has 12 heteroatoms. The van der Waals surface area contributed by atoms with Gasteiger partial charge in [-0.1, -0.05) is 6.07 Å². The average Bonchev–Trinajstić information content (AvgIpc) is 3.36. The van der Waals surface area contributed by atoms with E-state index in [0.717, 1.165) is 24.6 Å². The van der Waals surface area contributed by atoms with E-state index in [-0.39, 0.29) is 36.6 Å². The summed E-state index contributed by atoms with van der Waals surface area (Å²) in [5.74, 6) is 0.759. The lowest BCUT2D eigenvalue weighted by Gasteiger charge is -2.34. The molecule has 162 valence electrons. The van der Waals surface area contributed by atoms with Crippen LogP contribution < -0.4 is 10.0 Å². The summed E-state index contributed by atoms with van der Waals surface area (Å²) in [7, 11) is -1.58. The van der Waals surface area contributed by atoms with E-state index >= 15 is 0 Å². The first kappa shape index (κ1) is 24.1. The van der Waals surface area contributed by atoms with Gasteiger partial charge >= 0.3 is 0 Å². The van der Waals surface area contributed by atoms with Gasteiger partial charge in [-0.3, -0.25) is 9.67 Å². The maximum atomic E-state index is 12.2. The molecule has 0 amide bonds. The number of hydrogen-bond acceptors (Lipinski definition) is 6. The summed E-state index contributed by atoms with van der Waals surface area (Å²) in [4.78, 5) is 6.72. The number of thiophene rings is 1. The van der Waals surface area contributed by atoms with E-state index < -0.39 is 10.0 Å². The van der Waals surface area contributed by atoms with Gasteiger partial charge < -0.3 is 15.0 Å². The summed E-state index contributed by atoms with van der Waals surface area (Å²) < 4.78 is 34.9. The lowest BCUT2D eigenvalue weighted by Crippen LogP contribution is -2.48. The minimum atomic E-state index is -3.46. The number of aliphatic imine (C=N–C) groups is 1. The fourth-order valence-electron chi connectivity index (χ4n) is 2.90. The molecule has 1 aliphatic rings. The van der Waals surface area contributed by atoms with E-state index in [1.54, 1.807) is 22.2 Å². The Balaban J connectivity index is 0.00000300. The van der Waals surface area contributed by atoms with Gasteiger partial charge in [0, 0.05) is 38.4 Å². The quantitative estimate of drug-likeness (QED) is 0.233. The van der Waals surface area contributed by atoms with Crippen LogP contribution in [0.25, 0.3) is 0 Å². The number of guanidine groups is 1. The number of morpholine rings is 1. The summed E-state index contributed by atoms with van der Waals surface area (Å²) in [6.45, 7) is 5.31. The van der Waals surface area contributed by atoms with Gasteiger partial charge in [-0.2, -0.15) is 5.10 Å². The maximum Gasteiger partial charge on any atom is 0.250 e. The number of aromatic nitrogens is 2. The summed E-state index contributed by atoms with van der Waals surface area (Å²) in [6.07, 6.45) is 3.71. The van der Waals surface area contributed by atoms with Gasteiger partial charge in [0.05, 0.1) is 25.9 Å². The molecule has 0 bridgehead atoms. The van der Waals surface area contributed by atoms with Crippen molar-refractivity contribution in [1.29, 1.82) is 0 Å². The van der Waals surface area contributed by atoms with Crippen LogP contribution in [0.2, 0.25) is 0 Å². The molecule has 2 N–H and O–H groups in total. The lowest BCUT2D eigenvalue weighted by molar-refractivity contribution is -0.00803. The van der Waals surface area contributed by atoms with Crippen molar-refractivity contribution in [3.05, 3.63) is 35.5 Å². The van der Waals surface area contributed by atoms with Crippen molar-refractivity contribution in [2.75, 3.05) is 39.3 Å². The van der Waals surface area contributed by atoms with Crippen LogP contribution in [0.3, 0.4) is 0 Å². The fraction of sp³-hybridized carbons (Fsp3) is 0.529. The van der Waals surface area contributed by atoms with Crippen LogP contribution in [0.4, 0.5) is 0 Å². The zero-order chi connectivity index (χ0) is 20.0. The van der Waals surface area contributed by atoms with Crippen molar-refractivity contribution in [1.82, 2.24) is 24.7 Å². The number of hydrogen-bond donors (Lipinski definition) is 2. The zero-order valence-corrected chi connectivity index (χ0v) is 20.4. The summed E-state index contributed by atoms with van der Waals surface area (Å²) >= 11 is 1.20. The average molecular weight is 554 g/mol. The van der Waals surface area contributed by atoms with Gasteiger partial charge in [0.1, 0.15) is 10.3 Å². The van der Waals surface area contributed by atoms with E-state index in [1.807, 2.05) is 26.4 Å². The molecule has 0 aromatic carbocycles. The van der Waals surface area contributed by atoms with Crippen LogP contribution >= 0.6 is 35.3 Å². The largest absolute Gasteiger partial charge is 0.370 e. The number of halogens is 1. The molecular weight excluding hydrogens is 527 g/mol. The fourth-order valence-corrected chi connectivity index (χ4v) is 4.96. The Morgan fingerprint density at radius 1 is 1.48 bits per heavy atom. The highest BCUT2D eigenvalue weighted by atomic mass is 127. The van der Waals surface area contributed by atoms with Gasteiger partial charge in [-0.05, 0) is 18.4 Å². The van der Waals surface area contributed by atoms with Crippen molar-refractivity contribution < 1.29 is 13.2 Å². The molecule has 29 heavy (non-hydrogen) atoms. The van der Waals surface area contributed by atoms with Crippen molar-refractivity contribution >= 4 is 51.3 Å². The van der Waals surface area contributed by atoms with E-state index in [0.29, 0.717) is 23.9 Å². The van der Waals surface area contributed by atoms with Gasteiger partial charge in [-0.15, -0.1) is 35.3 Å². The van der Waals surface area contributed by atoms with Crippen molar-refractivity contribution in [2.45, 2.75) is 17.2 Å². The summed E-state index contributed by atoms with van der Waals surface area (Å²) in [5.41, 5.74) is 1.03. The molecule has 3 rings (SSSR count). The summed E-state index contributed by atoms with van der Waals surface area (Å²) in [6, 6.07) is 3.31. The first-order valence-electron chi connectivity index (χ1n) is 9.16. The molecule has 1 fully saturated rings. The Morgan fingerprint density at radius 2 is 2.31 bits per heavy atom. The molecule has 1 atom stereocenters. The summed E-state index contributed by atoms with van der Waals surface area (Å²) in [5, 5.41) is 9.23. The Morgan fingerprint density at radius 3 is 2.97 bits per heavy atom. The third-order valence-electron chi connectivity index (χ3n) is 4.22. The minimum Gasteiger partial charge on any atom is -0.370 e. The van der Waals surface area contributed by atoms with Gasteiger partial charge in [0.2, 0.25) is 10.0 Å². The third-order valence-corrected chi connectivity index (χ3v) is 7.08. The predicted octanol–water partition coefficient (Wildman–Crippen LogP) is 1.42. The van der Waals surface area contributed by atoms with Crippen molar-refractivity contribution in [2.24, 2.45) is 12.0 Å². The Labute approximate surface area is 192 Å². The van der Waals surface area contributed by atoms with Crippen LogP contribution in [0, 0.1) is 0 Å². The highest BCUT2D eigenvalue weighted by molar-refractivity contribution is 14.0. The number of aryl methyl sites for hydroxylation is 1. The molecule has 1 unspecified atom stereocenters.